The van der Waals surface area contributed by atoms with E-state index in [4.69, 9.17) is 4.79 Å². The number of hydrogen-bond donors (Lipinski definition) is 1. The highest BCUT2D eigenvalue weighted by molar-refractivity contribution is 7.85. The third-order valence-corrected chi connectivity index (χ3v) is 2.31. The third kappa shape index (κ3) is 4.64. The Bertz CT molecular complexity index is 136. The highest BCUT2D eigenvalue weighted by Gasteiger charge is 2.09. The molecule has 2 N–H and O–H groups in total. The van der Waals surface area contributed by atoms with E-state index in [1.54, 1.807) is 7.05 Å². The third-order valence-electron chi connectivity index (χ3n) is 1.04. The summed E-state index contributed by atoms with van der Waals surface area (Å²) in [5.74, 6) is 1.06. The second-order valence-electron chi connectivity index (χ2n) is 2.00. The molecule has 3 nitrogen and oxygen atoms in total. The number of carbonyl (C=O) groups excluding carboxylic acids is 1. The van der Waals surface area contributed by atoms with Gasteiger partial charge in [-0.25, -0.2) is 0 Å². The van der Waals surface area contributed by atoms with Crippen molar-refractivity contribution < 1.29 is 9.00 Å². The van der Waals surface area contributed by atoms with Crippen molar-refractivity contribution in [1.82, 2.24) is 5.32 Å². The van der Waals surface area contributed by atoms with Gasteiger partial charge in [-0.15, -0.1) is 0 Å². The number of ketones is 1. The maximum absolute atomic E-state index is 10.9. The quantitative estimate of drug-likeness (QED) is 0.575. The molecule has 0 aromatic rings. The average Bonchev–Trinajstić information content (AvgIpc) is 1.88. The highest BCUT2D eigenvalue weighted by Crippen LogP contribution is 1.85. The summed E-state index contributed by atoms with van der Waals surface area (Å²) in [6, 6.07) is 0. The SMILES string of the molecule is CCC(=[OH+])CS(=O)CNC. The molecule has 4 heteroatoms. The van der Waals surface area contributed by atoms with Crippen LogP contribution in [0.15, 0.2) is 0 Å². The first kappa shape index (κ1) is 9.78. The lowest BCUT2D eigenvalue weighted by molar-refractivity contribution is 0.655. The van der Waals surface area contributed by atoms with E-state index in [0.717, 1.165) is 0 Å². The van der Waals surface area contributed by atoms with Crippen molar-refractivity contribution in [3.8, 4) is 0 Å². The molecule has 0 saturated carbocycles. The van der Waals surface area contributed by atoms with Gasteiger partial charge in [0.15, 0.2) is 0 Å². The fourth-order valence-electron chi connectivity index (χ4n) is 0.500. The molecule has 0 saturated heterocycles. The molecule has 0 rings (SSSR count). The van der Waals surface area contributed by atoms with Crippen molar-refractivity contribution in [2.75, 3.05) is 18.7 Å². The lowest BCUT2D eigenvalue weighted by Gasteiger charge is -1.94. The van der Waals surface area contributed by atoms with E-state index in [1.165, 1.54) is 0 Å². The van der Waals surface area contributed by atoms with Gasteiger partial charge in [0.25, 0.3) is 0 Å². The van der Waals surface area contributed by atoms with Gasteiger partial charge in [0.2, 0.25) is 0 Å². The maximum atomic E-state index is 10.9. The van der Waals surface area contributed by atoms with Crippen molar-refractivity contribution in [2.45, 2.75) is 13.3 Å². The molecule has 10 heavy (non-hydrogen) atoms. The Hall–Kier alpha value is -0.220. The second kappa shape index (κ2) is 5.56. The topological polar surface area (TPSA) is 50.5 Å². The lowest BCUT2D eigenvalue weighted by Crippen LogP contribution is -2.19. The van der Waals surface area contributed by atoms with E-state index in [2.05, 4.69) is 5.32 Å². The van der Waals surface area contributed by atoms with E-state index < -0.39 is 10.8 Å². The van der Waals surface area contributed by atoms with Crippen LogP contribution in [0.4, 0.5) is 0 Å². The summed E-state index contributed by atoms with van der Waals surface area (Å²) >= 11 is 0. The molecule has 0 bridgehead atoms. The van der Waals surface area contributed by atoms with Crippen LogP contribution in [0.2, 0.25) is 0 Å². The summed E-state index contributed by atoms with van der Waals surface area (Å²) in [6.45, 7) is 1.84. The molecule has 0 aliphatic heterocycles. The summed E-state index contributed by atoms with van der Waals surface area (Å²) in [5.41, 5.74) is 0. The Morgan fingerprint density at radius 1 is 1.70 bits per heavy atom. The molecule has 0 aliphatic carbocycles. The Kier molecular flexibility index (Phi) is 5.43. The first-order valence-electron chi connectivity index (χ1n) is 3.24. The van der Waals surface area contributed by atoms with Crippen LogP contribution >= 0.6 is 0 Å². The van der Waals surface area contributed by atoms with E-state index in [0.29, 0.717) is 23.8 Å². The summed E-state index contributed by atoms with van der Waals surface area (Å²) in [6.07, 6.45) is 0.593. The van der Waals surface area contributed by atoms with E-state index in [1.807, 2.05) is 6.92 Å². The zero-order valence-corrected chi connectivity index (χ0v) is 7.20. The zero-order valence-electron chi connectivity index (χ0n) is 6.39. The maximum Gasteiger partial charge on any atom is 0.305 e. The van der Waals surface area contributed by atoms with Gasteiger partial charge in [-0.05, 0) is 7.05 Å². The molecule has 60 valence electrons. The van der Waals surface area contributed by atoms with Crippen LogP contribution in [0.25, 0.3) is 0 Å². The van der Waals surface area contributed by atoms with Crippen LogP contribution in [0.5, 0.6) is 0 Å². The van der Waals surface area contributed by atoms with Gasteiger partial charge in [0.05, 0.1) is 12.3 Å². The Morgan fingerprint density at radius 2 is 2.30 bits per heavy atom. The summed E-state index contributed by atoms with van der Waals surface area (Å²) in [7, 11) is 0.789. The Balaban J connectivity index is 3.47. The number of rotatable bonds is 5. The average molecular weight is 164 g/mol. The standard InChI is InChI=1S/C6H13NO2S/c1-3-6(8)4-10(9)5-7-2/h7H,3-5H2,1-2H3/p+1. The molecule has 0 heterocycles. The van der Waals surface area contributed by atoms with Crippen molar-refractivity contribution in [1.29, 1.82) is 0 Å². The van der Waals surface area contributed by atoms with Crippen LogP contribution in [0.3, 0.4) is 0 Å². The first-order chi connectivity index (χ1) is 4.70. The van der Waals surface area contributed by atoms with Crippen LogP contribution in [-0.4, -0.2) is 33.5 Å². The van der Waals surface area contributed by atoms with E-state index in [9.17, 15) is 4.21 Å². The highest BCUT2D eigenvalue weighted by atomic mass is 32.2. The van der Waals surface area contributed by atoms with E-state index >= 15 is 0 Å². The van der Waals surface area contributed by atoms with Crippen molar-refractivity contribution in [3.63, 3.8) is 0 Å². The largest absolute Gasteiger partial charge is 0.309 e. The number of nitrogens with one attached hydrogen (secondary N) is 1. The van der Waals surface area contributed by atoms with Crippen molar-refractivity contribution in [3.05, 3.63) is 0 Å². The van der Waals surface area contributed by atoms with Gasteiger partial charge >= 0.3 is 5.78 Å². The lowest BCUT2D eigenvalue weighted by atomic mass is 10.4. The Labute approximate surface area is 63.6 Å². The fourth-order valence-corrected chi connectivity index (χ4v) is 1.50. The summed E-state index contributed by atoms with van der Waals surface area (Å²) < 4.78 is 10.9. The molecule has 0 aromatic heterocycles. The van der Waals surface area contributed by atoms with Gasteiger partial charge in [-0.3, -0.25) is 9.00 Å². The normalized spacial score (nSPS) is 13.0. The van der Waals surface area contributed by atoms with Crippen LogP contribution in [-0.2, 0) is 10.8 Å². The molecule has 0 aromatic carbocycles. The van der Waals surface area contributed by atoms with Gasteiger partial charge in [0.1, 0.15) is 5.75 Å². The molecule has 0 radical (unpaired) electrons. The van der Waals surface area contributed by atoms with Crippen molar-refractivity contribution >= 4 is 16.6 Å². The van der Waals surface area contributed by atoms with Crippen LogP contribution in [0, 0.1) is 0 Å². The minimum absolute atomic E-state index is 0.303. The molecular formula is C6H14NO2S+. The second-order valence-corrected chi connectivity index (χ2v) is 3.46. The molecule has 0 amide bonds. The van der Waals surface area contributed by atoms with Gasteiger partial charge in [-0.1, -0.05) is 6.92 Å². The van der Waals surface area contributed by atoms with Crippen molar-refractivity contribution in [2.24, 2.45) is 0 Å². The predicted molar refractivity (Wildman–Crippen MR) is 44.2 cm³/mol. The molecule has 0 fully saturated rings. The van der Waals surface area contributed by atoms with E-state index in [-0.39, 0.29) is 0 Å². The first-order valence-corrected chi connectivity index (χ1v) is 4.72. The molecular weight excluding hydrogens is 150 g/mol. The smallest absolute Gasteiger partial charge is 0.305 e. The zero-order chi connectivity index (χ0) is 7.98. The van der Waals surface area contributed by atoms with Crippen LogP contribution < -0.4 is 5.32 Å². The molecule has 1 atom stereocenters. The molecule has 1 unspecified atom stereocenters. The van der Waals surface area contributed by atoms with Gasteiger partial charge in [-0.2, -0.15) is 0 Å². The Morgan fingerprint density at radius 3 is 2.70 bits per heavy atom. The molecule has 0 aliphatic rings. The minimum Gasteiger partial charge on any atom is -0.309 e. The monoisotopic (exact) mass is 164 g/mol. The van der Waals surface area contributed by atoms with Gasteiger partial charge in [0, 0.05) is 10.8 Å². The number of hydrogen-bond acceptors (Lipinski definition) is 2. The molecule has 0 spiro atoms. The summed E-state index contributed by atoms with van der Waals surface area (Å²) in [5, 5.41) is 2.77. The minimum atomic E-state index is -0.948. The predicted octanol–water partition coefficient (Wildman–Crippen LogP) is -0.133. The fraction of sp³-hybridized carbons (Fsp3) is 0.833. The summed E-state index contributed by atoms with van der Waals surface area (Å²) in [4.78, 5) is 8.95. The van der Waals surface area contributed by atoms with Crippen LogP contribution in [0.1, 0.15) is 13.3 Å². The van der Waals surface area contributed by atoms with Gasteiger partial charge < -0.3 is 5.32 Å².